The van der Waals surface area contributed by atoms with Crippen molar-refractivity contribution in [1.82, 2.24) is 0 Å². The Morgan fingerprint density at radius 2 is 1.47 bits per heavy atom. The Kier molecular flexibility index (Phi) is 5.45. The molecule has 0 spiro atoms. The first-order valence-corrected chi connectivity index (χ1v) is 14.8. The smallest absolute Gasteiger partial charge is 0.335 e. The number of hydrogen-bond donors (Lipinski definition) is 1. The predicted molar refractivity (Wildman–Crippen MR) is 160 cm³/mol. The van der Waals surface area contributed by atoms with Gasteiger partial charge in [-0.05, 0) is 109 Å². The third-order valence-electron chi connectivity index (χ3n) is 10.4. The van der Waals surface area contributed by atoms with Gasteiger partial charge in [0.2, 0.25) is 0 Å². The van der Waals surface area contributed by atoms with Crippen molar-refractivity contribution in [3.63, 3.8) is 0 Å². The maximum absolute atomic E-state index is 14.0. The molecule has 4 aromatic carbocycles. The molecule has 9 rings (SSSR count). The van der Waals surface area contributed by atoms with E-state index in [1.54, 1.807) is 24.3 Å². The van der Waals surface area contributed by atoms with Crippen molar-refractivity contribution in [2.45, 2.75) is 43.9 Å². The number of nitrogens with zero attached hydrogens (tertiary/aromatic N) is 2. The molecule has 0 radical (unpaired) electrons. The average molecular weight is 573 g/mol. The number of carboxylic acid groups (broad SMARTS) is 1. The fraction of sp³-hybridized carbons (Fsp3) is 0.286. The van der Waals surface area contributed by atoms with Crippen LogP contribution in [0.1, 0.15) is 75.2 Å². The van der Waals surface area contributed by atoms with Crippen LogP contribution in [-0.2, 0) is 5.41 Å². The summed E-state index contributed by atoms with van der Waals surface area (Å²) in [6.45, 7) is 0. The standard InChI is InChI=1S/C35H28N2O6/c38-32-27-6-2-5-26-30(22-3-1-4-23(14-22)34(40)41)29(37(42)43)15-28(31(26)27)33(39)36(32)25-9-7-24(8-10-25)35-16-19-11-20(17-35)13-21(12-19)18-35/h1-10,14-15,19-21H,11-13,16-18H2,(H,40,41). The molecule has 1 aliphatic heterocycles. The summed E-state index contributed by atoms with van der Waals surface area (Å²) in [5.74, 6) is 0.0960. The molecule has 1 N–H and O–H groups in total. The summed E-state index contributed by atoms with van der Waals surface area (Å²) in [6, 6.07) is 19.8. The van der Waals surface area contributed by atoms with E-state index in [1.807, 2.05) is 12.1 Å². The zero-order chi connectivity index (χ0) is 29.6. The van der Waals surface area contributed by atoms with Crippen LogP contribution < -0.4 is 4.90 Å². The lowest BCUT2D eigenvalue weighted by molar-refractivity contribution is -0.384. The molecule has 4 aromatic rings. The zero-order valence-corrected chi connectivity index (χ0v) is 23.3. The summed E-state index contributed by atoms with van der Waals surface area (Å²) in [5, 5.41) is 22.5. The summed E-state index contributed by atoms with van der Waals surface area (Å²) in [5.41, 5.74) is 2.36. The molecule has 4 fully saturated rings. The van der Waals surface area contributed by atoms with E-state index in [2.05, 4.69) is 12.1 Å². The van der Waals surface area contributed by atoms with Crippen molar-refractivity contribution in [2.24, 2.45) is 17.8 Å². The van der Waals surface area contributed by atoms with Gasteiger partial charge < -0.3 is 5.11 Å². The van der Waals surface area contributed by atoms with Gasteiger partial charge in [0.15, 0.2) is 0 Å². The van der Waals surface area contributed by atoms with Gasteiger partial charge in [0.05, 0.1) is 27.3 Å². The Morgan fingerprint density at radius 3 is 2.09 bits per heavy atom. The Hall–Kier alpha value is -4.85. The van der Waals surface area contributed by atoms with Crippen LogP contribution in [0.4, 0.5) is 11.4 Å². The fourth-order valence-corrected chi connectivity index (χ4v) is 9.07. The molecular formula is C35H28N2O6. The monoisotopic (exact) mass is 572 g/mol. The molecule has 0 aromatic heterocycles. The number of anilines is 1. The number of nitro benzene ring substituents is 1. The Labute approximate surface area is 247 Å². The van der Waals surface area contributed by atoms with E-state index in [1.165, 1.54) is 68.4 Å². The van der Waals surface area contributed by atoms with E-state index in [0.717, 1.165) is 22.7 Å². The molecule has 8 nitrogen and oxygen atoms in total. The van der Waals surface area contributed by atoms with Gasteiger partial charge >= 0.3 is 5.97 Å². The zero-order valence-electron chi connectivity index (χ0n) is 23.3. The first-order chi connectivity index (χ1) is 20.7. The number of imide groups is 1. The minimum absolute atomic E-state index is 0.0254. The number of benzene rings is 4. The minimum Gasteiger partial charge on any atom is -0.478 e. The molecular weight excluding hydrogens is 544 g/mol. The van der Waals surface area contributed by atoms with Crippen LogP contribution in [0, 0.1) is 27.9 Å². The maximum atomic E-state index is 14.0. The van der Waals surface area contributed by atoms with E-state index in [9.17, 15) is 29.6 Å². The molecule has 4 bridgehead atoms. The van der Waals surface area contributed by atoms with E-state index < -0.39 is 22.7 Å². The number of rotatable bonds is 5. The average Bonchev–Trinajstić information content (AvgIpc) is 2.99. The van der Waals surface area contributed by atoms with Gasteiger partial charge in [-0.1, -0.05) is 36.4 Å². The summed E-state index contributed by atoms with van der Waals surface area (Å²) in [4.78, 5) is 52.5. The Balaban J connectivity index is 1.23. The van der Waals surface area contributed by atoms with Gasteiger partial charge in [0.25, 0.3) is 17.5 Å². The quantitative estimate of drug-likeness (QED) is 0.151. The summed E-state index contributed by atoms with van der Waals surface area (Å²) >= 11 is 0. The van der Waals surface area contributed by atoms with Crippen molar-refractivity contribution < 1.29 is 24.4 Å². The number of carbonyl (C=O) groups is 3. The first kappa shape index (κ1) is 25.8. The molecule has 1 heterocycles. The second kappa shape index (κ2) is 9.07. The second-order valence-electron chi connectivity index (χ2n) is 12.9. The van der Waals surface area contributed by atoms with Crippen LogP contribution in [0.2, 0.25) is 0 Å². The van der Waals surface area contributed by atoms with Crippen LogP contribution in [0.3, 0.4) is 0 Å². The number of amides is 2. The largest absolute Gasteiger partial charge is 0.478 e. The van der Waals surface area contributed by atoms with Gasteiger partial charge in [0, 0.05) is 17.0 Å². The molecule has 214 valence electrons. The number of carboxylic acids is 1. The number of carbonyl (C=O) groups excluding carboxylic acids is 2. The van der Waals surface area contributed by atoms with E-state index in [4.69, 9.17) is 0 Å². The fourth-order valence-electron chi connectivity index (χ4n) is 9.07. The SMILES string of the molecule is O=C(O)c1cccc(-c2c([N+](=O)[O-])cc3c4c(cccc24)C(=O)N(c2ccc(C45CC6CC(CC(C6)C4)C5)cc2)C3=O)c1. The van der Waals surface area contributed by atoms with Crippen LogP contribution in [-0.4, -0.2) is 27.8 Å². The highest BCUT2D eigenvalue weighted by Gasteiger charge is 2.51. The van der Waals surface area contributed by atoms with Gasteiger partial charge in [-0.25, -0.2) is 9.69 Å². The molecule has 4 saturated carbocycles. The number of nitro groups is 1. The highest BCUT2D eigenvalue weighted by molar-refractivity contribution is 6.37. The third kappa shape index (κ3) is 3.78. The third-order valence-corrected chi connectivity index (χ3v) is 10.4. The molecule has 5 aliphatic rings. The van der Waals surface area contributed by atoms with Gasteiger partial charge in [-0.3, -0.25) is 19.7 Å². The van der Waals surface area contributed by atoms with Crippen molar-refractivity contribution in [3.05, 3.63) is 105 Å². The van der Waals surface area contributed by atoms with Crippen molar-refractivity contribution in [3.8, 4) is 11.1 Å². The molecule has 0 unspecified atom stereocenters. The lowest BCUT2D eigenvalue weighted by Crippen LogP contribution is -2.48. The highest BCUT2D eigenvalue weighted by Crippen LogP contribution is 2.60. The van der Waals surface area contributed by atoms with Crippen molar-refractivity contribution in [2.75, 3.05) is 4.90 Å². The lowest BCUT2D eigenvalue weighted by atomic mass is 9.48. The normalized spacial score (nSPS) is 25.4. The van der Waals surface area contributed by atoms with Gasteiger partial charge in [-0.2, -0.15) is 0 Å². The second-order valence-corrected chi connectivity index (χ2v) is 12.9. The van der Waals surface area contributed by atoms with E-state index >= 15 is 0 Å². The van der Waals surface area contributed by atoms with Crippen molar-refractivity contribution >= 4 is 39.9 Å². The van der Waals surface area contributed by atoms with Gasteiger partial charge in [-0.15, -0.1) is 0 Å². The Morgan fingerprint density at radius 1 is 0.837 bits per heavy atom. The number of hydrogen-bond acceptors (Lipinski definition) is 5. The summed E-state index contributed by atoms with van der Waals surface area (Å²) in [7, 11) is 0. The lowest BCUT2D eigenvalue weighted by Gasteiger charge is -2.57. The minimum atomic E-state index is -1.16. The molecule has 0 saturated heterocycles. The van der Waals surface area contributed by atoms with Gasteiger partial charge in [0.1, 0.15) is 0 Å². The Bertz CT molecular complexity index is 1870. The molecule has 43 heavy (non-hydrogen) atoms. The molecule has 4 aliphatic carbocycles. The maximum Gasteiger partial charge on any atom is 0.335 e. The topological polar surface area (TPSA) is 118 Å². The van der Waals surface area contributed by atoms with E-state index in [0.29, 0.717) is 22.0 Å². The molecule has 0 atom stereocenters. The van der Waals surface area contributed by atoms with Crippen LogP contribution in [0.25, 0.3) is 21.9 Å². The van der Waals surface area contributed by atoms with Crippen LogP contribution in [0.15, 0.2) is 72.8 Å². The van der Waals surface area contributed by atoms with E-state index in [-0.39, 0.29) is 33.4 Å². The van der Waals surface area contributed by atoms with Crippen molar-refractivity contribution in [1.29, 1.82) is 0 Å². The van der Waals surface area contributed by atoms with Crippen LogP contribution >= 0.6 is 0 Å². The number of aromatic carboxylic acids is 1. The summed E-state index contributed by atoms with van der Waals surface area (Å²) < 4.78 is 0. The predicted octanol–water partition coefficient (Wildman–Crippen LogP) is 7.38. The van der Waals surface area contributed by atoms with Crippen LogP contribution in [0.5, 0.6) is 0 Å². The molecule has 8 heteroatoms. The first-order valence-electron chi connectivity index (χ1n) is 14.8. The highest BCUT2D eigenvalue weighted by atomic mass is 16.6. The summed E-state index contributed by atoms with van der Waals surface area (Å²) in [6.07, 6.45) is 7.65. The molecule has 2 amide bonds.